The second kappa shape index (κ2) is 7.07. The first-order valence-corrected chi connectivity index (χ1v) is 8.91. The summed E-state index contributed by atoms with van der Waals surface area (Å²) in [5.74, 6) is -1.16. The van der Waals surface area contributed by atoms with Crippen LogP contribution in [0.5, 0.6) is 0 Å². The third-order valence-electron chi connectivity index (χ3n) is 4.76. The Bertz CT molecular complexity index is 1000. The summed E-state index contributed by atoms with van der Waals surface area (Å²) in [5, 5.41) is 3.98. The van der Waals surface area contributed by atoms with E-state index in [-0.39, 0.29) is 12.5 Å². The lowest BCUT2D eigenvalue weighted by Gasteiger charge is -2.13. The summed E-state index contributed by atoms with van der Waals surface area (Å²) >= 11 is 0. The summed E-state index contributed by atoms with van der Waals surface area (Å²) in [5.41, 5.74) is 1.87. The largest absolute Gasteiger partial charge is 0.354 e. The molecule has 0 fully saturated rings. The number of hydrogen-bond acceptors (Lipinski definition) is 3. The zero-order valence-electron chi connectivity index (χ0n) is 14.7. The van der Waals surface area contributed by atoms with Gasteiger partial charge in [-0.2, -0.15) is 0 Å². The quantitative estimate of drug-likeness (QED) is 0.541. The first-order valence-electron chi connectivity index (χ1n) is 8.91. The van der Waals surface area contributed by atoms with Crippen LogP contribution in [-0.2, 0) is 11.3 Å². The van der Waals surface area contributed by atoms with Gasteiger partial charge in [-0.1, -0.05) is 30.3 Å². The minimum atomic E-state index is -0.412. The second-order valence-corrected chi connectivity index (χ2v) is 6.51. The second-order valence-electron chi connectivity index (χ2n) is 6.51. The minimum Gasteiger partial charge on any atom is -0.354 e. The molecule has 0 bridgehead atoms. The number of para-hydroxylation sites is 1. The van der Waals surface area contributed by atoms with E-state index >= 15 is 0 Å². The summed E-state index contributed by atoms with van der Waals surface area (Å²) < 4.78 is 2.14. The van der Waals surface area contributed by atoms with Crippen LogP contribution in [0.2, 0.25) is 0 Å². The molecule has 0 saturated heterocycles. The highest BCUT2D eigenvalue weighted by molar-refractivity contribution is 6.22. The molecule has 27 heavy (non-hydrogen) atoms. The maximum atomic E-state index is 12.3. The maximum absolute atomic E-state index is 12.3. The fraction of sp³-hybridized carbons (Fsp3) is 0.190. The molecular weight excluding hydrogens is 342 g/mol. The standard InChI is InChI=1S/C21H19N3O3/c25-19(14-24-20(26)16-7-2-3-8-17(16)21(24)27)22-11-5-12-23-13-10-15-6-1-4-9-18(15)23/h1-4,6-10,13H,5,11-12,14H2,(H,22,25). The van der Waals surface area contributed by atoms with Gasteiger partial charge in [-0.15, -0.1) is 0 Å². The molecule has 1 aliphatic heterocycles. The maximum Gasteiger partial charge on any atom is 0.262 e. The Labute approximate surface area is 156 Å². The van der Waals surface area contributed by atoms with Gasteiger partial charge < -0.3 is 9.88 Å². The number of fused-ring (bicyclic) bond motifs is 2. The van der Waals surface area contributed by atoms with E-state index in [1.807, 2.05) is 18.3 Å². The molecule has 0 spiro atoms. The molecule has 1 aromatic heterocycles. The van der Waals surface area contributed by atoms with E-state index in [0.717, 1.165) is 23.4 Å². The number of nitrogens with zero attached hydrogens (tertiary/aromatic N) is 2. The van der Waals surface area contributed by atoms with Crippen LogP contribution < -0.4 is 5.32 Å². The number of hydrogen-bond donors (Lipinski definition) is 1. The predicted octanol–water partition coefficient (Wildman–Crippen LogP) is 2.44. The number of nitrogens with one attached hydrogen (secondary N) is 1. The van der Waals surface area contributed by atoms with Gasteiger partial charge in [0.2, 0.25) is 5.91 Å². The molecular formula is C21H19N3O3. The normalized spacial score (nSPS) is 13.3. The van der Waals surface area contributed by atoms with E-state index in [1.54, 1.807) is 24.3 Å². The topological polar surface area (TPSA) is 71.4 Å². The molecule has 6 heteroatoms. The number of amides is 3. The molecule has 1 aliphatic rings. The lowest BCUT2D eigenvalue weighted by atomic mass is 10.1. The van der Waals surface area contributed by atoms with Crippen LogP contribution in [0.4, 0.5) is 0 Å². The van der Waals surface area contributed by atoms with Gasteiger partial charge in [0, 0.05) is 24.8 Å². The van der Waals surface area contributed by atoms with Gasteiger partial charge in [0.1, 0.15) is 6.54 Å². The Morgan fingerprint density at radius 3 is 2.30 bits per heavy atom. The highest BCUT2D eigenvalue weighted by Gasteiger charge is 2.36. The smallest absolute Gasteiger partial charge is 0.262 e. The van der Waals surface area contributed by atoms with Crippen molar-refractivity contribution in [3.8, 4) is 0 Å². The van der Waals surface area contributed by atoms with E-state index in [0.29, 0.717) is 17.7 Å². The first-order chi connectivity index (χ1) is 13.1. The molecule has 0 atom stereocenters. The Balaban J connectivity index is 1.28. The van der Waals surface area contributed by atoms with Gasteiger partial charge in [0.05, 0.1) is 11.1 Å². The molecule has 2 aromatic carbocycles. The van der Waals surface area contributed by atoms with Gasteiger partial charge in [0.15, 0.2) is 0 Å². The predicted molar refractivity (Wildman–Crippen MR) is 101 cm³/mol. The fourth-order valence-electron chi connectivity index (χ4n) is 3.40. The van der Waals surface area contributed by atoms with E-state index in [1.165, 1.54) is 5.39 Å². The summed E-state index contributed by atoms with van der Waals surface area (Å²) in [7, 11) is 0. The van der Waals surface area contributed by atoms with Crippen molar-refractivity contribution in [3.05, 3.63) is 71.9 Å². The Hall–Kier alpha value is -3.41. The van der Waals surface area contributed by atoms with Crippen molar-refractivity contribution in [2.24, 2.45) is 0 Å². The van der Waals surface area contributed by atoms with Crippen LogP contribution in [0.3, 0.4) is 0 Å². The molecule has 6 nitrogen and oxygen atoms in total. The van der Waals surface area contributed by atoms with E-state index in [9.17, 15) is 14.4 Å². The van der Waals surface area contributed by atoms with Crippen molar-refractivity contribution in [2.75, 3.05) is 13.1 Å². The number of rotatable bonds is 6. The Kier molecular flexibility index (Phi) is 4.46. The molecule has 3 aromatic rings. The Morgan fingerprint density at radius 2 is 1.56 bits per heavy atom. The van der Waals surface area contributed by atoms with Gasteiger partial charge in [-0.05, 0) is 36.1 Å². The van der Waals surface area contributed by atoms with Crippen LogP contribution in [0.1, 0.15) is 27.1 Å². The fourth-order valence-corrected chi connectivity index (χ4v) is 3.40. The number of carbonyl (C=O) groups is 3. The van der Waals surface area contributed by atoms with Crippen LogP contribution in [0.15, 0.2) is 60.8 Å². The zero-order valence-corrected chi connectivity index (χ0v) is 14.7. The molecule has 3 amide bonds. The lowest BCUT2D eigenvalue weighted by molar-refractivity contribution is -0.121. The SMILES string of the molecule is O=C(CN1C(=O)c2ccccc2C1=O)NCCCn1ccc2ccccc21. The monoisotopic (exact) mass is 361 g/mol. The van der Waals surface area contributed by atoms with E-state index < -0.39 is 11.8 Å². The third kappa shape index (κ3) is 3.21. The summed E-state index contributed by atoms with van der Waals surface area (Å²) in [6.07, 6.45) is 2.79. The number of carbonyl (C=O) groups excluding carboxylic acids is 3. The lowest BCUT2D eigenvalue weighted by Crippen LogP contribution is -2.40. The molecule has 1 N–H and O–H groups in total. The third-order valence-corrected chi connectivity index (χ3v) is 4.76. The number of imide groups is 1. The highest BCUT2D eigenvalue weighted by Crippen LogP contribution is 2.21. The van der Waals surface area contributed by atoms with Gasteiger partial charge in [0.25, 0.3) is 11.8 Å². The summed E-state index contributed by atoms with van der Waals surface area (Å²) in [6.45, 7) is 1.01. The van der Waals surface area contributed by atoms with E-state index in [2.05, 4.69) is 28.1 Å². The van der Waals surface area contributed by atoms with Crippen molar-refractivity contribution in [1.82, 2.24) is 14.8 Å². The van der Waals surface area contributed by atoms with E-state index in [4.69, 9.17) is 0 Å². The van der Waals surface area contributed by atoms with Gasteiger partial charge in [-0.3, -0.25) is 19.3 Å². The van der Waals surface area contributed by atoms with Crippen LogP contribution >= 0.6 is 0 Å². The van der Waals surface area contributed by atoms with Crippen LogP contribution in [0.25, 0.3) is 10.9 Å². The van der Waals surface area contributed by atoms with Gasteiger partial charge >= 0.3 is 0 Å². The molecule has 2 heterocycles. The molecule has 0 saturated carbocycles. The molecule has 4 rings (SSSR count). The molecule has 0 unspecified atom stereocenters. The number of aryl methyl sites for hydroxylation is 1. The van der Waals surface area contributed by atoms with Crippen molar-refractivity contribution in [3.63, 3.8) is 0 Å². The van der Waals surface area contributed by atoms with Crippen LogP contribution in [0, 0.1) is 0 Å². The highest BCUT2D eigenvalue weighted by atomic mass is 16.2. The van der Waals surface area contributed by atoms with Crippen molar-refractivity contribution >= 4 is 28.6 Å². The van der Waals surface area contributed by atoms with Crippen LogP contribution in [-0.4, -0.2) is 40.3 Å². The zero-order chi connectivity index (χ0) is 18.8. The molecule has 136 valence electrons. The van der Waals surface area contributed by atoms with Gasteiger partial charge in [-0.25, -0.2) is 0 Å². The average molecular weight is 361 g/mol. The Morgan fingerprint density at radius 1 is 0.889 bits per heavy atom. The van der Waals surface area contributed by atoms with Crippen molar-refractivity contribution in [1.29, 1.82) is 0 Å². The summed E-state index contributed by atoms with van der Waals surface area (Å²) in [6, 6.07) is 16.8. The molecule has 0 aliphatic carbocycles. The van der Waals surface area contributed by atoms with Crippen molar-refractivity contribution < 1.29 is 14.4 Å². The minimum absolute atomic E-state index is 0.251. The first kappa shape index (κ1) is 17.0. The number of aromatic nitrogens is 1. The molecule has 0 radical (unpaired) electrons. The average Bonchev–Trinajstić information content (AvgIpc) is 3.21. The number of benzene rings is 2. The van der Waals surface area contributed by atoms with Crippen molar-refractivity contribution in [2.45, 2.75) is 13.0 Å². The summed E-state index contributed by atoms with van der Waals surface area (Å²) in [4.78, 5) is 37.7.